The Morgan fingerprint density at radius 3 is 2.71 bits per heavy atom. The molecule has 4 heterocycles. The zero-order valence-electron chi connectivity index (χ0n) is 14.1. The van der Waals surface area contributed by atoms with Crippen molar-refractivity contribution < 1.29 is 23.5 Å². The number of urea groups is 2. The molecule has 4 rings (SSSR count). The summed E-state index contributed by atoms with van der Waals surface area (Å²) in [6, 6.07) is 0.100. The van der Waals surface area contributed by atoms with Crippen LogP contribution in [0.4, 0.5) is 9.59 Å². The number of hydrogen-bond donors (Lipinski definition) is 1. The van der Waals surface area contributed by atoms with Crippen LogP contribution in [0, 0.1) is 0 Å². The van der Waals surface area contributed by atoms with Crippen molar-refractivity contribution in [1.82, 2.24) is 15.1 Å². The van der Waals surface area contributed by atoms with E-state index in [9.17, 15) is 9.59 Å². The lowest BCUT2D eigenvalue weighted by Gasteiger charge is -2.59. The van der Waals surface area contributed by atoms with Gasteiger partial charge in [0, 0.05) is 19.5 Å². The molecule has 0 saturated carbocycles. The van der Waals surface area contributed by atoms with Crippen LogP contribution in [-0.2, 0) is 9.47 Å². The number of hydrogen-bond acceptors (Lipinski definition) is 4. The lowest BCUT2D eigenvalue weighted by atomic mass is 10.1. The van der Waals surface area contributed by atoms with Crippen LogP contribution in [0.5, 0.6) is 0 Å². The van der Waals surface area contributed by atoms with E-state index in [1.807, 2.05) is 4.90 Å². The minimum Gasteiger partial charge on any atom is -0.378 e. The van der Waals surface area contributed by atoms with Gasteiger partial charge in [-0.25, -0.2) is 14.5 Å². The van der Waals surface area contributed by atoms with Gasteiger partial charge in [0.2, 0.25) is 6.17 Å². The van der Waals surface area contributed by atoms with E-state index in [0.29, 0.717) is 50.5 Å². The maximum atomic E-state index is 13.0. The Morgan fingerprint density at radius 2 is 1.88 bits per heavy atom. The average Bonchev–Trinajstić information content (AvgIpc) is 2.86. The van der Waals surface area contributed by atoms with Crippen LogP contribution in [0.1, 0.15) is 25.7 Å². The number of quaternary nitrogens is 1. The van der Waals surface area contributed by atoms with Crippen LogP contribution >= 0.6 is 0 Å². The lowest BCUT2D eigenvalue weighted by molar-refractivity contribution is -0.953. The summed E-state index contributed by atoms with van der Waals surface area (Å²) in [5, 5.41) is 3.19. The van der Waals surface area contributed by atoms with Crippen molar-refractivity contribution in [1.29, 1.82) is 0 Å². The molecular formula is C16H27N4O4+. The zero-order valence-corrected chi connectivity index (χ0v) is 14.1. The predicted octanol–water partition coefficient (Wildman–Crippen LogP) is 0.537. The number of amides is 4. The van der Waals surface area contributed by atoms with E-state index in [0.717, 1.165) is 32.2 Å². The number of morpholine rings is 2. The Balaban J connectivity index is 1.52. The van der Waals surface area contributed by atoms with Gasteiger partial charge in [-0.1, -0.05) is 0 Å². The molecule has 4 aliphatic rings. The summed E-state index contributed by atoms with van der Waals surface area (Å²) < 4.78 is 11.3. The molecule has 0 aliphatic carbocycles. The minimum absolute atomic E-state index is 0.0642. The van der Waals surface area contributed by atoms with E-state index >= 15 is 0 Å². The van der Waals surface area contributed by atoms with Gasteiger partial charge in [-0.05, 0) is 19.3 Å². The molecule has 4 saturated heterocycles. The van der Waals surface area contributed by atoms with Crippen LogP contribution in [0.2, 0.25) is 0 Å². The van der Waals surface area contributed by atoms with E-state index in [2.05, 4.69) is 5.32 Å². The van der Waals surface area contributed by atoms with Crippen molar-refractivity contribution in [3.8, 4) is 0 Å². The largest absolute Gasteiger partial charge is 0.427 e. The van der Waals surface area contributed by atoms with Crippen LogP contribution in [0.3, 0.4) is 0 Å². The molecule has 3 unspecified atom stereocenters. The Hall–Kier alpha value is -1.38. The molecule has 0 radical (unpaired) electrons. The highest BCUT2D eigenvalue weighted by Gasteiger charge is 2.66. The fraction of sp³-hybridized carbons (Fsp3) is 0.875. The zero-order chi connectivity index (χ0) is 16.6. The molecule has 0 aromatic heterocycles. The van der Waals surface area contributed by atoms with E-state index in [1.54, 1.807) is 4.90 Å². The van der Waals surface area contributed by atoms with Crippen molar-refractivity contribution in [2.75, 3.05) is 52.6 Å². The van der Waals surface area contributed by atoms with E-state index in [1.165, 1.54) is 0 Å². The number of nitrogens with one attached hydrogen (secondary N) is 1. The van der Waals surface area contributed by atoms with Crippen molar-refractivity contribution in [2.24, 2.45) is 0 Å². The van der Waals surface area contributed by atoms with E-state index in [-0.39, 0.29) is 24.4 Å². The Morgan fingerprint density at radius 1 is 1.08 bits per heavy atom. The summed E-state index contributed by atoms with van der Waals surface area (Å²) in [5.41, 5.74) is 0. The highest BCUT2D eigenvalue weighted by molar-refractivity contribution is 5.76. The lowest BCUT2D eigenvalue weighted by Crippen LogP contribution is -2.87. The second-order valence-corrected chi connectivity index (χ2v) is 7.10. The van der Waals surface area contributed by atoms with E-state index in [4.69, 9.17) is 9.47 Å². The van der Waals surface area contributed by atoms with E-state index < -0.39 is 0 Å². The third-order valence-electron chi connectivity index (χ3n) is 5.89. The molecule has 0 aromatic rings. The number of carbonyl (C=O) groups excluding carboxylic acids is 2. The molecule has 24 heavy (non-hydrogen) atoms. The highest BCUT2D eigenvalue weighted by Crippen LogP contribution is 2.40. The SMILES string of the molecule is O=C(NC1CCCCC[N+]12C(=O)N1CCOCC12)N1CCOCC1. The molecule has 4 aliphatic heterocycles. The first-order valence-electron chi connectivity index (χ1n) is 9.13. The van der Waals surface area contributed by atoms with Crippen LogP contribution < -0.4 is 5.32 Å². The van der Waals surface area contributed by atoms with Gasteiger partial charge >= 0.3 is 12.1 Å². The number of carbonyl (C=O) groups is 2. The highest BCUT2D eigenvalue weighted by atomic mass is 16.5. The van der Waals surface area contributed by atoms with Crippen molar-refractivity contribution in [3.05, 3.63) is 0 Å². The summed E-state index contributed by atoms with van der Waals surface area (Å²) in [5.74, 6) is 0. The van der Waals surface area contributed by atoms with Gasteiger partial charge in [-0.2, -0.15) is 4.48 Å². The third kappa shape index (κ3) is 2.48. The van der Waals surface area contributed by atoms with Crippen LogP contribution in [-0.4, -0.2) is 91.3 Å². The monoisotopic (exact) mass is 339 g/mol. The Bertz CT molecular complexity index is 510. The number of ether oxygens (including phenoxy) is 2. The fourth-order valence-electron chi connectivity index (χ4n) is 4.55. The molecule has 1 N–H and O–H groups in total. The van der Waals surface area contributed by atoms with Gasteiger partial charge < -0.3 is 14.4 Å². The van der Waals surface area contributed by atoms with Crippen LogP contribution in [0.15, 0.2) is 0 Å². The number of nitrogens with zero attached hydrogens (tertiary/aromatic N) is 3. The molecule has 8 heteroatoms. The van der Waals surface area contributed by atoms with Gasteiger partial charge in [-0.3, -0.25) is 5.32 Å². The topological polar surface area (TPSA) is 71.1 Å². The predicted molar refractivity (Wildman–Crippen MR) is 85.0 cm³/mol. The molecule has 1 spiro atoms. The first kappa shape index (κ1) is 16.1. The molecule has 4 fully saturated rings. The Kier molecular flexibility index (Phi) is 4.36. The molecule has 134 valence electrons. The Labute approximate surface area is 142 Å². The van der Waals surface area contributed by atoms with Gasteiger partial charge in [0.25, 0.3) is 0 Å². The maximum Gasteiger partial charge on any atom is 0.427 e. The summed E-state index contributed by atoms with van der Waals surface area (Å²) in [4.78, 5) is 29.3. The first-order chi connectivity index (χ1) is 11.7. The maximum absolute atomic E-state index is 13.0. The molecule has 4 amide bonds. The van der Waals surface area contributed by atoms with Gasteiger partial charge in [0.1, 0.15) is 6.61 Å². The summed E-state index contributed by atoms with van der Waals surface area (Å²) in [6.45, 7) is 5.08. The van der Waals surface area contributed by atoms with Gasteiger partial charge in [0.15, 0.2) is 6.17 Å². The smallest absolute Gasteiger partial charge is 0.378 e. The second kappa shape index (κ2) is 6.50. The van der Waals surface area contributed by atoms with Crippen LogP contribution in [0.25, 0.3) is 0 Å². The summed E-state index contributed by atoms with van der Waals surface area (Å²) in [6.07, 6.45) is 3.98. The van der Waals surface area contributed by atoms with Gasteiger partial charge in [0.05, 0.1) is 32.9 Å². The normalized spacial score (nSPS) is 36.8. The van der Waals surface area contributed by atoms with Crippen molar-refractivity contribution >= 4 is 12.1 Å². The first-order valence-corrected chi connectivity index (χ1v) is 9.13. The third-order valence-corrected chi connectivity index (χ3v) is 5.89. The second-order valence-electron chi connectivity index (χ2n) is 7.10. The number of rotatable bonds is 1. The molecule has 0 bridgehead atoms. The standard InChI is InChI=1S/C16H26N4O4/c21-15(18-5-9-23-10-6-18)17-13-4-2-1-3-8-20(13)14-12-24-11-7-19(14)16(20)22/h13-14H,1-12H2/p+1. The van der Waals surface area contributed by atoms with Crippen molar-refractivity contribution in [2.45, 2.75) is 38.0 Å². The average molecular weight is 339 g/mol. The molecule has 8 nitrogen and oxygen atoms in total. The molecule has 3 atom stereocenters. The summed E-state index contributed by atoms with van der Waals surface area (Å²) in [7, 11) is 0. The number of fused-ring (bicyclic) bond motifs is 2. The quantitative estimate of drug-likeness (QED) is 0.708. The molecule has 0 aromatic carbocycles. The minimum atomic E-state index is -0.140. The fourth-order valence-corrected chi connectivity index (χ4v) is 4.55. The van der Waals surface area contributed by atoms with Crippen molar-refractivity contribution in [3.63, 3.8) is 0 Å². The molecular weight excluding hydrogens is 312 g/mol. The summed E-state index contributed by atoms with van der Waals surface area (Å²) >= 11 is 0. The van der Waals surface area contributed by atoms with Gasteiger partial charge in [-0.15, -0.1) is 0 Å².